The molecule has 2 aromatic heterocycles. The Balaban J connectivity index is 1.54. The van der Waals surface area contributed by atoms with Crippen LogP contribution >= 0.6 is 0 Å². The van der Waals surface area contributed by atoms with E-state index in [-0.39, 0.29) is 11.6 Å². The Hall–Kier alpha value is -4.20. The average molecular weight is 468 g/mol. The van der Waals surface area contributed by atoms with Crippen molar-refractivity contribution in [3.8, 4) is 22.6 Å². The van der Waals surface area contributed by atoms with Gasteiger partial charge in [-0.05, 0) is 32.0 Å². The maximum absolute atomic E-state index is 12.3. The minimum absolute atomic E-state index is 0.0742. The van der Waals surface area contributed by atoms with Gasteiger partial charge in [-0.15, -0.1) is 0 Å². The highest BCUT2D eigenvalue weighted by Gasteiger charge is 2.24. The molecular formula is C27H29N7O. The van der Waals surface area contributed by atoms with Crippen LogP contribution in [-0.2, 0) is 0 Å². The lowest BCUT2D eigenvalue weighted by Gasteiger charge is -2.37. The van der Waals surface area contributed by atoms with Crippen LogP contribution in [0.2, 0.25) is 0 Å². The zero-order chi connectivity index (χ0) is 24.4. The number of nitrogens with two attached hydrogens (primary N) is 1. The predicted molar refractivity (Wildman–Crippen MR) is 141 cm³/mol. The Morgan fingerprint density at radius 3 is 2.06 bits per heavy atom. The highest BCUT2D eigenvalue weighted by Crippen LogP contribution is 2.33. The maximum Gasteiger partial charge on any atom is 0.267 e. The minimum atomic E-state index is -0.148. The van der Waals surface area contributed by atoms with Crippen molar-refractivity contribution in [1.29, 1.82) is 0 Å². The van der Waals surface area contributed by atoms with Crippen LogP contribution in [0.15, 0.2) is 77.6 Å². The molecule has 0 atom stereocenters. The zero-order valence-corrected chi connectivity index (χ0v) is 20.0. The van der Waals surface area contributed by atoms with Crippen LogP contribution in [0.3, 0.4) is 0 Å². The first-order chi connectivity index (χ1) is 17.0. The van der Waals surface area contributed by atoms with Crippen molar-refractivity contribution in [2.45, 2.75) is 19.9 Å². The van der Waals surface area contributed by atoms with Crippen LogP contribution in [0.4, 0.5) is 17.3 Å². The fourth-order valence-corrected chi connectivity index (χ4v) is 4.38. The summed E-state index contributed by atoms with van der Waals surface area (Å²) in [6, 6.07) is 23.4. The van der Waals surface area contributed by atoms with Gasteiger partial charge in [0.2, 0.25) is 0 Å². The molecule has 2 N–H and O–H groups in total. The van der Waals surface area contributed by atoms with Crippen molar-refractivity contribution in [3.05, 3.63) is 83.2 Å². The number of rotatable bonds is 5. The first kappa shape index (κ1) is 22.6. The van der Waals surface area contributed by atoms with E-state index in [4.69, 9.17) is 15.7 Å². The number of benzene rings is 2. The molecule has 0 spiro atoms. The van der Waals surface area contributed by atoms with Gasteiger partial charge >= 0.3 is 0 Å². The first-order valence-electron chi connectivity index (χ1n) is 11.9. The van der Waals surface area contributed by atoms with Crippen LogP contribution < -0.4 is 21.1 Å². The van der Waals surface area contributed by atoms with Gasteiger partial charge in [0.05, 0.1) is 6.04 Å². The van der Waals surface area contributed by atoms with Crippen molar-refractivity contribution in [3.63, 3.8) is 0 Å². The number of piperazine rings is 1. The molecule has 0 bridgehead atoms. The Bertz CT molecular complexity index is 1360. The number of aromatic nitrogens is 4. The van der Waals surface area contributed by atoms with E-state index in [2.05, 4.69) is 39.2 Å². The Labute approximate surface area is 204 Å². The summed E-state index contributed by atoms with van der Waals surface area (Å²) in [7, 11) is 0. The second kappa shape index (κ2) is 9.58. The third-order valence-electron chi connectivity index (χ3n) is 6.21. The largest absolute Gasteiger partial charge is 0.381 e. The van der Waals surface area contributed by atoms with Gasteiger partial charge in [-0.3, -0.25) is 4.79 Å². The molecular weight excluding hydrogens is 438 g/mol. The van der Waals surface area contributed by atoms with Crippen molar-refractivity contribution in [1.82, 2.24) is 19.7 Å². The summed E-state index contributed by atoms with van der Waals surface area (Å²) in [6.45, 7) is 7.13. The quantitative estimate of drug-likeness (QED) is 0.476. The monoisotopic (exact) mass is 467 g/mol. The van der Waals surface area contributed by atoms with E-state index in [1.54, 1.807) is 6.07 Å². The molecule has 1 aliphatic rings. The highest BCUT2D eigenvalue weighted by atomic mass is 16.1. The van der Waals surface area contributed by atoms with E-state index in [9.17, 15) is 4.79 Å². The molecule has 0 saturated carbocycles. The number of hydrogen-bond donors (Lipinski definition) is 1. The number of anilines is 3. The summed E-state index contributed by atoms with van der Waals surface area (Å²) in [5.41, 5.74) is 10.3. The van der Waals surface area contributed by atoms with Crippen molar-refractivity contribution in [2.75, 3.05) is 41.7 Å². The van der Waals surface area contributed by atoms with Crippen LogP contribution in [0.5, 0.6) is 0 Å². The van der Waals surface area contributed by atoms with E-state index < -0.39 is 0 Å². The molecule has 0 amide bonds. The Kier molecular flexibility index (Phi) is 6.18. The molecule has 1 aliphatic heterocycles. The first-order valence-corrected chi connectivity index (χ1v) is 11.9. The summed E-state index contributed by atoms with van der Waals surface area (Å²) in [4.78, 5) is 26.7. The molecule has 0 aliphatic carbocycles. The topological polar surface area (TPSA) is 93.2 Å². The maximum atomic E-state index is 12.3. The lowest BCUT2D eigenvalue weighted by Crippen LogP contribution is -2.47. The summed E-state index contributed by atoms with van der Waals surface area (Å²) in [5, 5.41) is 4.63. The standard InChI is InChI=1S/C27H29N7O/c1-19(2)34-23(35)14-13-22(31-34)25-24(20-9-5-3-6-10-20)29-26(28)27(30-25)33-17-15-32(16-18-33)21-11-7-4-8-12-21/h3-14,19H,15-18H2,1-2H3,(H2,28,29). The van der Waals surface area contributed by atoms with Gasteiger partial charge < -0.3 is 15.5 Å². The number of nitrogen functional groups attached to an aromatic ring is 1. The van der Waals surface area contributed by atoms with E-state index in [0.717, 1.165) is 31.7 Å². The molecule has 3 heterocycles. The molecule has 5 rings (SSSR count). The zero-order valence-electron chi connectivity index (χ0n) is 20.0. The van der Waals surface area contributed by atoms with Crippen molar-refractivity contribution in [2.24, 2.45) is 0 Å². The van der Waals surface area contributed by atoms with Crippen LogP contribution in [0, 0.1) is 0 Å². The predicted octanol–water partition coefficient (Wildman–Crippen LogP) is 3.86. The van der Waals surface area contributed by atoms with Gasteiger partial charge in [-0.25, -0.2) is 14.6 Å². The third-order valence-corrected chi connectivity index (χ3v) is 6.21. The summed E-state index contributed by atoms with van der Waals surface area (Å²) < 4.78 is 1.47. The highest BCUT2D eigenvalue weighted by molar-refractivity contribution is 5.80. The average Bonchev–Trinajstić information content (AvgIpc) is 2.90. The molecule has 0 radical (unpaired) electrons. The number of para-hydroxylation sites is 1. The molecule has 1 fully saturated rings. The lowest BCUT2D eigenvalue weighted by molar-refractivity contribution is 0.504. The minimum Gasteiger partial charge on any atom is -0.381 e. The second-order valence-electron chi connectivity index (χ2n) is 8.90. The van der Waals surface area contributed by atoms with E-state index in [1.807, 2.05) is 50.2 Å². The number of hydrogen-bond acceptors (Lipinski definition) is 7. The Morgan fingerprint density at radius 1 is 0.771 bits per heavy atom. The Morgan fingerprint density at radius 2 is 1.40 bits per heavy atom. The smallest absolute Gasteiger partial charge is 0.267 e. The fourth-order valence-electron chi connectivity index (χ4n) is 4.38. The molecule has 1 saturated heterocycles. The molecule has 8 nitrogen and oxygen atoms in total. The van der Waals surface area contributed by atoms with E-state index in [0.29, 0.717) is 28.7 Å². The molecule has 35 heavy (non-hydrogen) atoms. The van der Waals surface area contributed by atoms with Gasteiger partial charge in [0, 0.05) is 43.5 Å². The molecule has 178 valence electrons. The molecule has 2 aromatic carbocycles. The fraction of sp³-hybridized carbons (Fsp3) is 0.259. The second-order valence-corrected chi connectivity index (χ2v) is 8.90. The van der Waals surface area contributed by atoms with Gasteiger partial charge in [0.15, 0.2) is 11.6 Å². The van der Waals surface area contributed by atoms with Gasteiger partial charge in [-0.2, -0.15) is 5.10 Å². The van der Waals surface area contributed by atoms with E-state index >= 15 is 0 Å². The van der Waals surface area contributed by atoms with Crippen molar-refractivity contribution >= 4 is 17.3 Å². The normalized spacial score (nSPS) is 13.9. The lowest BCUT2D eigenvalue weighted by atomic mass is 10.1. The molecule has 4 aromatic rings. The molecule has 0 unspecified atom stereocenters. The van der Waals surface area contributed by atoms with E-state index in [1.165, 1.54) is 16.4 Å². The summed E-state index contributed by atoms with van der Waals surface area (Å²) in [6.07, 6.45) is 0. The number of nitrogens with zero attached hydrogens (tertiary/aromatic N) is 6. The summed E-state index contributed by atoms with van der Waals surface area (Å²) in [5.74, 6) is 1.04. The van der Waals surface area contributed by atoms with Gasteiger partial charge in [0.25, 0.3) is 5.56 Å². The van der Waals surface area contributed by atoms with Crippen molar-refractivity contribution < 1.29 is 0 Å². The van der Waals surface area contributed by atoms with Gasteiger partial charge in [0.1, 0.15) is 17.1 Å². The third kappa shape index (κ3) is 4.59. The van der Waals surface area contributed by atoms with Gasteiger partial charge in [-0.1, -0.05) is 48.5 Å². The summed E-state index contributed by atoms with van der Waals surface area (Å²) >= 11 is 0. The van der Waals surface area contributed by atoms with Crippen LogP contribution in [0.1, 0.15) is 19.9 Å². The van der Waals surface area contributed by atoms with Crippen LogP contribution in [-0.4, -0.2) is 45.9 Å². The van der Waals surface area contributed by atoms with Crippen LogP contribution in [0.25, 0.3) is 22.6 Å². The SMILES string of the molecule is CC(C)n1nc(-c2nc(N3CCN(c4ccccc4)CC3)c(N)nc2-c2ccccc2)ccc1=O. The molecule has 8 heteroatoms.